The van der Waals surface area contributed by atoms with E-state index in [1.807, 2.05) is 6.92 Å². The van der Waals surface area contributed by atoms with Gasteiger partial charge in [-0.1, -0.05) is 30.7 Å². The minimum absolute atomic E-state index is 0.126. The van der Waals surface area contributed by atoms with Crippen LogP contribution in [0.15, 0.2) is 36.4 Å². The van der Waals surface area contributed by atoms with E-state index in [2.05, 4.69) is 5.32 Å². The third-order valence-corrected chi connectivity index (χ3v) is 5.23. The molecule has 2 amide bonds. The summed E-state index contributed by atoms with van der Waals surface area (Å²) in [6.07, 6.45) is 0.911. The number of carbonyl (C=O) groups excluding carboxylic acids is 3. The maximum atomic E-state index is 13.0. The first kappa shape index (κ1) is 24.4. The smallest absolute Gasteiger partial charge is 0.338 e. The number of esters is 1. The fourth-order valence-corrected chi connectivity index (χ4v) is 3.81. The van der Waals surface area contributed by atoms with Gasteiger partial charge in [0.2, 0.25) is 5.91 Å². The van der Waals surface area contributed by atoms with Crippen LogP contribution in [0.2, 0.25) is 5.02 Å². The van der Waals surface area contributed by atoms with Crippen LogP contribution in [-0.4, -0.2) is 43.6 Å². The summed E-state index contributed by atoms with van der Waals surface area (Å²) < 4.78 is 16.5. The Kier molecular flexibility index (Phi) is 8.16. The zero-order chi connectivity index (χ0) is 24.0. The molecule has 1 heterocycles. The van der Waals surface area contributed by atoms with Crippen molar-refractivity contribution in [1.82, 2.24) is 0 Å². The first-order valence-corrected chi connectivity index (χ1v) is 11.2. The lowest BCUT2D eigenvalue weighted by Crippen LogP contribution is -2.41. The molecule has 176 valence electrons. The maximum Gasteiger partial charge on any atom is 0.338 e. The number of hydrogen-bond acceptors (Lipinski definition) is 6. The molecule has 0 aromatic heterocycles. The Morgan fingerprint density at radius 2 is 1.94 bits per heavy atom. The Bertz CT molecular complexity index is 1040. The van der Waals surface area contributed by atoms with Crippen LogP contribution in [-0.2, 0) is 14.3 Å². The van der Waals surface area contributed by atoms with E-state index in [4.69, 9.17) is 25.8 Å². The molecule has 0 saturated heterocycles. The Labute approximate surface area is 197 Å². The second-order valence-corrected chi connectivity index (χ2v) is 7.93. The zero-order valence-corrected chi connectivity index (χ0v) is 19.6. The van der Waals surface area contributed by atoms with E-state index in [0.717, 1.165) is 6.42 Å². The molecule has 0 aliphatic carbocycles. The van der Waals surface area contributed by atoms with Crippen LogP contribution in [0.3, 0.4) is 0 Å². The van der Waals surface area contributed by atoms with Gasteiger partial charge in [-0.25, -0.2) is 4.79 Å². The van der Waals surface area contributed by atoms with Gasteiger partial charge in [0.05, 0.1) is 35.2 Å². The van der Waals surface area contributed by atoms with Crippen molar-refractivity contribution in [3.63, 3.8) is 0 Å². The average Bonchev–Trinajstić information content (AvgIpc) is 2.90. The van der Waals surface area contributed by atoms with Crippen molar-refractivity contribution in [2.75, 3.05) is 30.0 Å². The third-order valence-electron chi connectivity index (χ3n) is 4.95. The molecule has 0 saturated carbocycles. The predicted octanol–water partition coefficient (Wildman–Crippen LogP) is 4.45. The summed E-state index contributed by atoms with van der Waals surface area (Å²) in [5.41, 5.74) is 1.22. The minimum Gasteiger partial charge on any atom is -0.490 e. The molecule has 9 heteroatoms. The highest BCUT2D eigenvalue weighted by molar-refractivity contribution is 6.32. The molecule has 3 rings (SSSR count). The first-order valence-electron chi connectivity index (χ1n) is 10.8. The minimum atomic E-state index is -0.724. The molecule has 1 atom stereocenters. The SMILES string of the molecule is CCCOc1c(Cl)cc(C(=O)OCC(=O)N2c3ccccc3NC(=O)CC2C)cc1OCC. The predicted molar refractivity (Wildman–Crippen MR) is 125 cm³/mol. The summed E-state index contributed by atoms with van der Waals surface area (Å²) in [6, 6.07) is 9.50. The van der Waals surface area contributed by atoms with Crippen molar-refractivity contribution in [2.24, 2.45) is 0 Å². The standard InChI is InChI=1S/C24H27ClN2O6/c1-4-10-32-23-17(25)12-16(13-20(23)31-5-2)24(30)33-14-22(29)27-15(3)11-21(28)26-18-8-6-7-9-19(18)27/h6-9,12-13,15H,4-5,10-11,14H2,1-3H3,(H,26,28). The van der Waals surface area contributed by atoms with Gasteiger partial charge in [-0.2, -0.15) is 0 Å². The number of anilines is 2. The highest BCUT2D eigenvalue weighted by Gasteiger charge is 2.30. The third kappa shape index (κ3) is 5.76. The van der Waals surface area contributed by atoms with Gasteiger partial charge in [0.1, 0.15) is 0 Å². The van der Waals surface area contributed by atoms with Crippen molar-refractivity contribution in [1.29, 1.82) is 0 Å². The number of hydrogen-bond donors (Lipinski definition) is 1. The Morgan fingerprint density at radius 1 is 1.18 bits per heavy atom. The topological polar surface area (TPSA) is 94.2 Å². The number of nitrogens with zero attached hydrogens (tertiary/aromatic N) is 1. The molecule has 1 aliphatic heterocycles. The van der Waals surface area contributed by atoms with E-state index in [0.29, 0.717) is 36.1 Å². The highest BCUT2D eigenvalue weighted by Crippen LogP contribution is 2.37. The molecule has 1 unspecified atom stereocenters. The number of para-hydroxylation sites is 2. The van der Waals surface area contributed by atoms with Gasteiger partial charge in [-0.3, -0.25) is 9.59 Å². The largest absolute Gasteiger partial charge is 0.490 e. The highest BCUT2D eigenvalue weighted by atomic mass is 35.5. The summed E-state index contributed by atoms with van der Waals surface area (Å²) in [5.74, 6) is -0.667. The van der Waals surface area contributed by atoms with E-state index in [-0.39, 0.29) is 22.9 Å². The summed E-state index contributed by atoms with van der Waals surface area (Å²) in [6.45, 7) is 5.85. The van der Waals surface area contributed by atoms with E-state index in [1.54, 1.807) is 38.1 Å². The zero-order valence-electron chi connectivity index (χ0n) is 18.9. The van der Waals surface area contributed by atoms with Crippen molar-refractivity contribution in [3.05, 3.63) is 47.0 Å². The fraction of sp³-hybridized carbons (Fsp3) is 0.375. The van der Waals surface area contributed by atoms with Crippen LogP contribution < -0.4 is 19.7 Å². The number of amides is 2. The number of rotatable bonds is 8. The Balaban J connectivity index is 1.76. The fourth-order valence-electron chi connectivity index (χ4n) is 3.54. The van der Waals surface area contributed by atoms with Gasteiger partial charge in [0.15, 0.2) is 18.1 Å². The molecule has 0 radical (unpaired) electrons. The van der Waals surface area contributed by atoms with Crippen LogP contribution in [0.4, 0.5) is 11.4 Å². The van der Waals surface area contributed by atoms with Gasteiger partial charge in [-0.05, 0) is 44.5 Å². The Morgan fingerprint density at radius 3 is 2.67 bits per heavy atom. The second kappa shape index (κ2) is 11.0. The van der Waals surface area contributed by atoms with Crippen LogP contribution in [0.5, 0.6) is 11.5 Å². The molecule has 0 bridgehead atoms. The Hall–Kier alpha value is -3.26. The van der Waals surface area contributed by atoms with E-state index in [1.165, 1.54) is 17.0 Å². The molecular formula is C24H27ClN2O6. The number of carbonyl (C=O) groups is 3. The van der Waals surface area contributed by atoms with Crippen molar-refractivity contribution in [3.8, 4) is 11.5 Å². The molecule has 2 aromatic rings. The van der Waals surface area contributed by atoms with Crippen molar-refractivity contribution < 1.29 is 28.6 Å². The normalized spacial score (nSPS) is 15.2. The summed E-state index contributed by atoms with van der Waals surface area (Å²) >= 11 is 6.31. The van der Waals surface area contributed by atoms with Crippen LogP contribution in [0.1, 0.15) is 44.0 Å². The number of benzene rings is 2. The first-order chi connectivity index (χ1) is 15.8. The molecular weight excluding hydrogens is 448 g/mol. The lowest BCUT2D eigenvalue weighted by Gasteiger charge is -2.27. The monoisotopic (exact) mass is 474 g/mol. The van der Waals surface area contributed by atoms with Gasteiger partial charge < -0.3 is 24.4 Å². The summed E-state index contributed by atoms with van der Waals surface area (Å²) in [5, 5.41) is 3.01. The summed E-state index contributed by atoms with van der Waals surface area (Å²) in [4.78, 5) is 39.3. The van der Waals surface area contributed by atoms with Gasteiger partial charge in [0, 0.05) is 12.5 Å². The second-order valence-electron chi connectivity index (χ2n) is 7.53. The number of nitrogens with one attached hydrogen (secondary N) is 1. The lowest BCUT2D eigenvalue weighted by molar-refractivity contribution is -0.122. The average molecular weight is 475 g/mol. The molecule has 0 fully saturated rings. The molecule has 2 aromatic carbocycles. The molecule has 1 aliphatic rings. The van der Waals surface area contributed by atoms with Gasteiger partial charge in [0.25, 0.3) is 5.91 Å². The van der Waals surface area contributed by atoms with Crippen molar-refractivity contribution in [2.45, 2.75) is 39.7 Å². The van der Waals surface area contributed by atoms with Gasteiger partial charge >= 0.3 is 5.97 Å². The maximum absolute atomic E-state index is 13.0. The van der Waals surface area contributed by atoms with Crippen LogP contribution >= 0.6 is 11.6 Å². The molecule has 8 nitrogen and oxygen atoms in total. The number of fused-ring (bicyclic) bond motifs is 1. The van der Waals surface area contributed by atoms with E-state index in [9.17, 15) is 14.4 Å². The molecule has 33 heavy (non-hydrogen) atoms. The van der Waals surface area contributed by atoms with Crippen LogP contribution in [0.25, 0.3) is 0 Å². The van der Waals surface area contributed by atoms with E-state index < -0.39 is 24.5 Å². The lowest BCUT2D eigenvalue weighted by atomic mass is 10.1. The van der Waals surface area contributed by atoms with Gasteiger partial charge in [-0.15, -0.1) is 0 Å². The quantitative estimate of drug-likeness (QED) is 0.568. The molecule has 0 spiro atoms. The van der Waals surface area contributed by atoms with Crippen molar-refractivity contribution >= 4 is 40.8 Å². The summed E-state index contributed by atoms with van der Waals surface area (Å²) in [7, 11) is 0. The van der Waals surface area contributed by atoms with Crippen LogP contribution in [0, 0.1) is 0 Å². The number of ether oxygens (including phenoxy) is 3. The number of halogens is 1. The van der Waals surface area contributed by atoms with E-state index >= 15 is 0 Å². The molecule has 1 N–H and O–H groups in total.